The molecule has 0 amide bonds. The lowest BCUT2D eigenvalue weighted by Crippen LogP contribution is -2.08. The minimum absolute atomic E-state index is 0.583. The second-order valence-electron chi connectivity index (χ2n) is 6.11. The number of benzene rings is 1. The predicted molar refractivity (Wildman–Crippen MR) is 101 cm³/mol. The summed E-state index contributed by atoms with van der Waals surface area (Å²) in [4.78, 5) is 15.4. The van der Waals surface area contributed by atoms with Crippen molar-refractivity contribution in [1.29, 1.82) is 0 Å². The first-order valence-electron chi connectivity index (χ1n) is 8.05. The normalized spacial score (nSPS) is 15.7. The van der Waals surface area contributed by atoms with Gasteiger partial charge in [0.25, 0.3) is 0 Å². The molecule has 0 atom stereocenters. The minimum atomic E-state index is 0.583. The number of aromatic nitrogens is 2. The molecule has 3 nitrogen and oxygen atoms in total. The lowest BCUT2D eigenvalue weighted by Gasteiger charge is -2.22. The van der Waals surface area contributed by atoms with Crippen LogP contribution in [0.4, 0.5) is 0 Å². The standard InChI is InChI=1S/C19H17ClN2OS/c20-17-8-16(14-2-5-24-6-3-14)9-18(10-17)22-4-1-15-7-13(12-23)11-21-19(15)22/h1,4,7-12,14H,2-3,5-6H2. The Morgan fingerprint density at radius 3 is 2.83 bits per heavy atom. The smallest absolute Gasteiger partial charge is 0.151 e. The summed E-state index contributed by atoms with van der Waals surface area (Å²) in [6.45, 7) is 0. The molecular weight excluding hydrogens is 340 g/mol. The molecule has 1 saturated heterocycles. The van der Waals surface area contributed by atoms with Crippen molar-refractivity contribution in [3.63, 3.8) is 0 Å². The van der Waals surface area contributed by atoms with E-state index < -0.39 is 0 Å². The highest BCUT2D eigenvalue weighted by atomic mass is 35.5. The molecule has 3 aromatic rings. The van der Waals surface area contributed by atoms with Crippen molar-refractivity contribution in [2.24, 2.45) is 0 Å². The zero-order valence-corrected chi connectivity index (χ0v) is 14.7. The van der Waals surface area contributed by atoms with Crippen LogP contribution in [0, 0.1) is 0 Å². The van der Waals surface area contributed by atoms with Gasteiger partial charge in [-0.3, -0.25) is 4.79 Å². The fraction of sp³-hybridized carbons (Fsp3) is 0.263. The molecule has 4 rings (SSSR count). The summed E-state index contributed by atoms with van der Waals surface area (Å²) in [5.41, 5.74) is 3.76. The molecule has 3 heterocycles. The molecule has 5 heteroatoms. The Balaban J connectivity index is 1.78. The van der Waals surface area contributed by atoms with Crippen molar-refractivity contribution in [2.75, 3.05) is 11.5 Å². The van der Waals surface area contributed by atoms with Gasteiger partial charge in [-0.05, 0) is 66.2 Å². The average molecular weight is 357 g/mol. The molecule has 1 aromatic carbocycles. The van der Waals surface area contributed by atoms with Gasteiger partial charge in [-0.1, -0.05) is 11.6 Å². The Bertz CT molecular complexity index is 900. The Hall–Kier alpha value is -1.78. The van der Waals surface area contributed by atoms with Crippen LogP contribution < -0.4 is 0 Å². The first kappa shape index (κ1) is 15.7. The van der Waals surface area contributed by atoms with E-state index in [1.165, 1.54) is 29.9 Å². The second-order valence-corrected chi connectivity index (χ2v) is 7.78. The molecule has 122 valence electrons. The summed E-state index contributed by atoms with van der Waals surface area (Å²) in [5, 5.41) is 1.71. The van der Waals surface area contributed by atoms with E-state index in [1.54, 1.807) is 6.20 Å². The molecule has 0 N–H and O–H groups in total. The van der Waals surface area contributed by atoms with E-state index in [0.29, 0.717) is 11.5 Å². The summed E-state index contributed by atoms with van der Waals surface area (Å²) in [5.74, 6) is 3.02. The van der Waals surface area contributed by atoms with Gasteiger partial charge in [0.1, 0.15) is 5.65 Å². The summed E-state index contributed by atoms with van der Waals surface area (Å²) in [7, 11) is 0. The van der Waals surface area contributed by atoms with Gasteiger partial charge in [-0.25, -0.2) is 4.98 Å². The fourth-order valence-electron chi connectivity index (χ4n) is 3.32. The largest absolute Gasteiger partial charge is 0.301 e. The molecule has 2 aromatic heterocycles. The van der Waals surface area contributed by atoms with Crippen molar-refractivity contribution >= 4 is 40.7 Å². The number of thioether (sulfide) groups is 1. The number of hydrogen-bond donors (Lipinski definition) is 0. The molecule has 1 aliphatic rings. The molecular formula is C19H17ClN2OS. The van der Waals surface area contributed by atoms with Gasteiger partial charge in [-0.15, -0.1) is 0 Å². The van der Waals surface area contributed by atoms with Gasteiger partial charge in [0.15, 0.2) is 6.29 Å². The van der Waals surface area contributed by atoms with Crippen molar-refractivity contribution in [3.05, 3.63) is 58.9 Å². The van der Waals surface area contributed by atoms with Crippen molar-refractivity contribution in [1.82, 2.24) is 9.55 Å². The molecule has 0 unspecified atom stereocenters. The van der Waals surface area contributed by atoms with E-state index in [2.05, 4.69) is 17.1 Å². The average Bonchev–Trinajstić information content (AvgIpc) is 3.05. The van der Waals surface area contributed by atoms with Crippen LogP contribution in [0.3, 0.4) is 0 Å². The number of aldehydes is 1. The van der Waals surface area contributed by atoms with Gasteiger partial charge in [-0.2, -0.15) is 11.8 Å². The topological polar surface area (TPSA) is 34.9 Å². The minimum Gasteiger partial charge on any atom is -0.301 e. The van der Waals surface area contributed by atoms with E-state index in [-0.39, 0.29) is 0 Å². The van der Waals surface area contributed by atoms with E-state index >= 15 is 0 Å². The molecule has 0 spiro atoms. The highest BCUT2D eigenvalue weighted by Gasteiger charge is 2.17. The summed E-state index contributed by atoms with van der Waals surface area (Å²) in [6.07, 6.45) is 6.83. The van der Waals surface area contributed by atoms with Gasteiger partial charge < -0.3 is 4.57 Å². The van der Waals surface area contributed by atoms with Gasteiger partial charge in [0.2, 0.25) is 0 Å². The van der Waals surface area contributed by atoms with Crippen LogP contribution in [0.2, 0.25) is 5.02 Å². The number of rotatable bonds is 3. The number of carbonyl (C=O) groups excluding carboxylic acids is 1. The number of halogens is 1. The number of hydrogen-bond acceptors (Lipinski definition) is 3. The third-order valence-electron chi connectivity index (χ3n) is 4.56. The van der Waals surface area contributed by atoms with Gasteiger partial charge in [0, 0.05) is 34.1 Å². The lowest BCUT2D eigenvalue weighted by molar-refractivity contribution is 0.112. The molecule has 24 heavy (non-hydrogen) atoms. The SMILES string of the molecule is O=Cc1cnc2c(ccn2-c2cc(Cl)cc(C3CCSCC3)c2)c1. The zero-order valence-electron chi connectivity index (χ0n) is 13.1. The van der Waals surface area contributed by atoms with Crippen LogP contribution in [-0.4, -0.2) is 27.3 Å². The Kier molecular flexibility index (Phi) is 4.33. The van der Waals surface area contributed by atoms with E-state index in [9.17, 15) is 4.79 Å². The summed E-state index contributed by atoms with van der Waals surface area (Å²) < 4.78 is 2.04. The maximum Gasteiger partial charge on any atom is 0.151 e. The number of nitrogens with zero attached hydrogens (tertiary/aromatic N) is 2. The quantitative estimate of drug-likeness (QED) is 0.612. The van der Waals surface area contributed by atoms with Gasteiger partial charge >= 0.3 is 0 Å². The van der Waals surface area contributed by atoms with Crippen LogP contribution in [0.25, 0.3) is 16.7 Å². The van der Waals surface area contributed by atoms with Crippen molar-refractivity contribution in [2.45, 2.75) is 18.8 Å². The Morgan fingerprint density at radius 2 is 2.04 bits per heavy atom. The van der Waals surface area contributed by atoms with Crippen LogP contribution in [0.1, 0.15) is 34.7 Å². The molecule has 0 radical (unpaired) electrons. The molecule has 0 aliphatic carbocycles. The van der Waals surface area contributed by atoms with Crippen LogP contribution in [-0.2, 0) is 0 Å². The first-order valence-corrected chi connectivity index (χ1v) is 9.59. The maximum atomic E-state index is 10.9. The van der Waals surface area contributed by atoms with Crippen molar-refractivity contribution < 1.29 is 4.79 Å². The third kappa shape index (κ3) is 2.96. The highest BCUT2D eigenvalue weighted by Crippen LogP contribution is 2.34. The molecule has 1 fully saturated rings. The number of carbonyl (C=O) groups is 1. The number of pyridine rings is 1. The monoisotopic (exact) mass is 356 g/mol. The van der Waals surface area contributed by atoms with Gasteiger partial charge in [0.05, 0.1) is 0 Å². The molecule has 0 bridgehead atoms. The summed E-state index contributed by atoms with van der Waals surface area (Å²) in [6, 6.07) is 10.1. The predicted octanol–water partition coefficient (Wildman–Crippen LogP) is 5.10. The fourth-order valence-corrected chi connectivity index (χ4v) is 4.66. The lowest BCUT2D eigenvalue weighted by atomic mass is 9.93. The zero-order chi connectivity index (χ0) is 16.5. The van der Waals surface area contributed by atoms with E-state index in [1.807, 2.05) is 40.7 Å². The third-order valence-corrected chi connectivity index (χ3v) is 5.83. The van der Waals surface area contributed by atoms with E-state index in [4.69, 9.17) is 11.6 Å². The summed E-state index contributed by atoms with van der Waals surface area (Å²) >= 11 is 8.43. The Labute approximate surface area is 150 Å². The van der Waals surface area contributed by atoms with E-state index in [0.717, 1.165) is 28.0 Å². The first-order chi connectivity index (χ1) is 11.7. The second kappa shape index (κ2) is 6.61. The maximum absolute atomic E-state index is 10.9. The highest BCUT2D eigenvalue weighted by molar-refractivity contribution is 7.99. The molecule has 0 saturated carbocycles. The van der Waals surface area contributed by atoms with Crippen LogP contribution >= 0.6 is 23.4 Å². The van der Waals surface area contributed by atoms with Crippen molar-refractivity contribution in [3.8, 4) is 5.69 Å². The number of fused-ring (bicyclic) bond motifs is 1. The Morgan fingerprint density at radius 1 is 1.21 bits per heavy atom. The van der Waals surface area contributed by atoms with Crippen LogP contribution in [0.5, 0.6) is 0 Å². The molecule has 1 aliphatic heterocycles. The van der Waals surface area contributed by atoms with Crippen LogP contribution in [0.15, 0.2) is 42.7 Å².